The van der Waals surface area contributed by atoms with Gasteiger partial charge < -0.3 is 18.6 Å². The normalized spacial score (nSPS) is 10.5. The average Bonchev–Trinajstić information content (AvgIpc) is 3.29. The first kappa shape index (κ1) is 15.9. The zero-order valence-corrected chi connectivity index (χ0v) is 13.6. The minimum absolute atomic E-state index is 0.00848. The van der Waals surface area contributed by atoms with Gasteiger partial charge in [0, 0.05) is 12.7 Å². The predicted molar refractivity (Wildman–Crippen MR) is 91.4 cm³/mol. The molecule has 0 saturated heterocycles. The second-order valence-corrected chi connectivity index (χ2v) is 5.60. The predicted octanol–water partition coefficient (Wildman–Crippen LogP) is 3.54. The van der Waals surface area contributed by atoms with E-state index in [4.69, 9.17) is 8.83 Å². The highest BCUT2D eigenvalue weighted by atomic mass is 16.3. The van der Waals surface area contributed by atoms with Crippen LogP contribution in [0.25, 0.3) is 0 Å². The van der Waals surface area contributed by atoms with Gasteiger partial charge in [-0.25, -0.2) is 0 Å². The Hall–Kier alpha value is -2.95. The Balaban J connectivity index is 1.70. The summed E-state index contributed by atoms with van der Waals surface area (Å²) in [6.07, 6.45) is 3.22. The zero-order valence-electron chi connectivity index (χ0n) is 13.6. The van der Waals surface area contributed by atoms with Gasteiger partial charge >= 0.3 is 0 Å². The number of furan rings is 2. The number of carbonyl (C=O) groups excluding carboxylic acids is 1. The van der Waals surface area contributed by atoms with Gasteiger partial charge in [0.1, 0.15) is 11.5 Å². The van der Waals surface area contributed by atoms with Gasteiger partial charge in [-0.1, -0.05) is 18.2 Å². The van der Waals surface area contributed by atoms with Gasteiger partial charge in [0.15, 0.2) is 0 Å². The van der Waals surface area contributed by atoms with E-state index in [1.165, 1.54) is 0 Å². The molecule has 24 heavy (non-hydrogen) atoms. The number of hydrogen-bond donors (Lipinski definition) is 0. The fourth-order valence-corrected chi connectivity index (χ4v) is 2.49. The molecule has 0 aliphatic carbocycles. The maximum Gasteiger partial charge on any atom is 0.242 e. The van der Waals surface area contributed by atoms with E-state index >= 15 is 0 Å². The van der Waals surface area contributed by atoms with Crippen molar-refractivity contribution in [3.8, 4) is 0 Å². The van der Waals surface area contributed by atoms with Gasteiger partial charge in [-0.05, 0) is 36.4 Å². The largest absolute Gasteiger partial charge is 0.467 e. The van der Waals surface area contributed by atoms with Crippen molar-refractivity contribution >= 4 is 11.6 Å². The summed E-state index contributed by atoms with van der Waals surface area (Å²) in [5.41, 5.74) is 1.00. The van der Waals surface area contributed by atoms with Gasteiger partial charge in [-0.3, -0.25) is 4.79 Å². The van der Waals surface area contributed by atoms with Crippen LogP contribution in [0.2, 0.25) is 0 Å². The highest BCUT2D eigenvalue weighted by Crippen LogP contribution is 2.14. The monoisotopic (exact) mass is 324 g/mol. The lowest BCUT2D eigenvalue weighted by Gasteiger charge is -2.25. The van der Waals surface area contributed by atoms with Crippen LogP contribution in [0.15, 0.2) is 76.0 Å². The third kappa shape index (κ3) is 4.07. The summed E-state index contributed by atoms with van der Waals surface area (Å²) in [6, 6.07) is 17.2. The van der Waals surface area contributed by atoms with Crippen molar-refractivity contribution in [1.82, 2.24) is 4.90 Å². The van der Waals surface area contributed by atoms with Crippen LogP contribution < -0.4 is 4.90 Å². The molecule has 124 valence electrons. The van der Waals surface area contributed by atoms with Crippen molar-refractivity contribution in [2.75, 3.05) is 18.5 Å². The van der Waals surface area contributed by atoms with E-state index in [0.29, 0.717) is 13.1 Å². The van der Waals surface area contributed by atoms with Crippen LogP contribution >= 0.6 is 0 Å². The molecule has 1 amide bonds. The van der Waals surface area contributed by atoms with Gasteiger partial charge in [0.2, 0.25) is 5.91 Å². The Labute approximate surface area is 141 Å². The summed E-state index contributed by atoms with van der Waals surface area (Å²) >= 11 is 0. The third-order valence-corrected chi connectivity index (χ3v) is 3.78. The number of para-hydroxylation sites is 1. The summed E-state index contributed by atoms with van der Waals surface area (Å²) < 4.78 is 10.8. The Morgan fingerprint density at radius 2 is 1.46 bits per heavy atom. The molecule has 5 heteroatoms. The smallest absolute Gasteiger partial charge is 0.242 e. The van der Waals surface area contributed by atoms with Crippen molar-refractivity contribution in [2.24, 2.45) is 0 Å². The molecular formula is C19H20N2O3. The van der Waals surface area contributed by atoms with Crippen molar-refractivity contribution in [1.29, 1.82) is 0 Å². The first-order valence-electron chi connectivity index (χ1n) is 7.81. The molecule has 2 aromatic heterocycles. The number of carbonyl (C=O) groups is 1. The highest BCUT2D eigenvalue weighted by molar-refractivity contribution is 5.81. The molecular weight excluding hydrogens is 304 g/mol. The van der Waals surface area contributed by atoms with E-state index in [-0.39, 0.29) is 12.5 Å². The molecule has 0 unspecified atom stereocenters. The van der Waals surface area contributed by atoms with Crippen LogP contribution in [0.3, 0.4) is 0 Å². The van der Waals surface area contributed by atoms with Crippen LogP contribution in [0.1, 0.15) is 11.5 Å². The molecule has 0 aliphatic heterocycles. The minimum atomic E-state index is 0.00848. The molecule has 0 atom stereocenters. The van der Waals surface area contributed by atoms with E-state index in [1.807, 2.05) is 66.5 Å². The molecule has 0 radical (unpaired) electrons. The van der Waals surface area contributed by atoms with E-state index in [2.05, 4.69) is 0 Å². The SMILES string of the molecule is CN(CC(=O)N(Cc1ccco1)Cc1ccco1)c1ccccc1. The quantitative estimate of drug-likeness (QED) is 0.667. The number of rotatable bonds is 7. The highest BCUT2D eigenvalue weighted by Gasteiger charge is 2.19. The summed E-state index contributed by atoms with van der Waals surface area (Å²) in [6.45, 7) is 1.11. The number of hydrogen-bond acceptors (Lipinski definition) is 4. The molecule has 0 aliphatic rings. The standard InChI is InChI=1S/C19H20N2O3/c1-20(16-7-3-2-4-8-16)15-19(22)21(13-17-9-5-11-23-17)14-18-10-6-12-24-18/h2-12H,13-15H2,1H3. The molecule has 0 saturated carbocycles. The lowest BCUT2D eigenvalue weighted by Crippen LogP contribution is -2.38. The van der Waals surface area contributed by atoms with Crippen molar-refractivity contribution in [3.63, 3.8) is 0 Å². The molecule has 2 heterocycles. The third-order valence-electron chi connectivity index (χ3n) is 3.78. The Morgan fingerprint density at radius 1 is 0.875 bits per heavy atom. The molecule has 1 aromatic carbocycles. The topological polar surface area (TPSA) is 49.8 Å². The summed E-state index contributed by atoms with van der Waals surface area (Å²) in [5.74, 6) is 1.50. The lowest BCUT2D eigenvalue weighted by molar-refractivity contribution is -0.131. The first-order valence-corrected chi connectivity index (χ1v) is 7.81. The number of likely N-dealkylation sites (N-methyl/N-ethyl adjacent to an activating group) is 1. The molecule has 3 aromatic rings. The minimum Gasteiger partial charge on any atom is -0.467 e. The van der Waals surface area contributed by atoms with Gasteiger partial charge in [0.05, 0.1) is 32.2 Å². The number of anilines is 1. The van der Waals surface area contributed by atoms with E-state index in [9.17, 15) is 4.79 Å². The average molecular weight is 324 g/mol. The van der Waals surface area contributed by atoms with Crippen LogP contribution in [0.4, 0.5) is 5.69 Å². The molecule has 0 fully saturated rings. The Bertz CT molecular complexity index is 700. The fourth-order valence-electron chi connectivity index (χ4n) is 2.49. The first-order chi connectivity index (χ1) is 11.7. The molecule has 3 rings (SSSR count). The number of nitrogens with zero attached hydrogens (tertiary/aromatic N) is 2. The van der Waals surface area contributed by atoms with E-state index in [1.54, 1.807) is 17.4 Å². The summed E-state index contributed by atoms with van der Waals surface area (Å²) in [5, 5.41) is 0. The van der Waals surface area contributed by atoms with Crippen molar-refractivity contribution in [2.45, 2.75) is 13.1 Å². The lowest BCUT2D eigenvalue weighted by atomic mass is 10.3. The second-order valence-electron chi connectivity index (χ2n) is 5.60. The fraction of sp³-hybridized carbons (Fsp3) is 0.211. The molecule has 0 N–H and O–H groups in total. The van der Waals surface area contributed by atoms with E-state index in [0.717, 1.165) is 17.2 Å². The summed E-state index contributed by atoms with van der Waals surface area (Å²) in [7, 11) is 1.91. The van der Waals surface area contributed by atoms with Crippen LogP contribution in [-0.2, 0) is 17.9 Å². The molecule has 0 spiro atoms. The summed E-state index contributed by atoms with van der Waals surface area (Å²) in [4.78, 5) is 16.4. The second kappa shape index (κ2) is 7.55. The van der Waals surface area contributed by atoms with E-state index < -0.39 is 0 Å². The molecule has 0 bridgehead atoms. The van der Waals surface area contributed by atoms with Gasteiger partial charge in [-0.2, -0.15) is 0 Å². The molecule has 5 nitrogen and oxygen atoms in total. The Morgan fingerprint density at radius 3 is 1.96 bits per heavy atom. The number of amides is 1. The number of benzene rings is 1. The zero-order chi connectivity index (χ0) is 16.8. The van der Waals surface area contributed by atoms with Gasteiger partial charge in [-0.15, -0.1) is 0 Å². The maximum absolute atomic E-state index is 12.8. The van der Waals surface area contributed by atoms with Crippen LogP contribution in [0.5, 0.6) is 0 Å². The Kier molecular flexibility index (Phi) is 5.01. The van der Waals surface area contributed by atoms with Crippen LogP contribution in [-0.4, -0.2) is 24.4 Å². The van der Waals surface area contributed by atoms with Crippen LogP contribution in [0, 0.1) is 0 Å². The maximum atomic E-state index is 12.8. The van der Waals surface area contributed by atoms with Crippen molar-refractivity contribution < 1.29 is 13.6 Å². The van der Waals surface area contributed by atoms with Crippen molar-refractivity contribution in [3.05, 3.63) is 78.6 Å². The van der Waals surface area contributed by atoms with Gasteiger partial charge in [0.25, 0.3) is 0 Å².